The van der Waals surface area contributed by atoms with Crippen LogP contribution in [0.5, 0.6) is 17.4 Å². The fraction of sp³-hybridized carbons (Fsp3) is 0.500. The highest BCUT2D eigenvalue weighted by Gasteiger charge is 2.31. The summed E-state index contributed by atoms with van der Waals surface area (Å²) < 4.78 is 18.0. The molecule has 4 rings (SSSR count). The van der Waals surface area contributed by atoms with Gasteiger partial charge in [-0.1, -0.05) is 0 Å². The van der Waals surface area contributed by atoms with Gasteiger partial charge in [0.1, 0.15) is 29.3 Å². The zero-order chi connectivity index (χ0) is 25.2. The lowest BCUT2D eigenvalue weighted by molar-refractivity contribution is -0.132. The van der Waals surface area contributed by atoms with Crippen LogP contribution in [0.1, 0.15) is 52.5 Å². The highest BCUT2D eigenvalue weighted by Crippen LogP contribution is 2.25. The second-order valence-electron chi connectivity index (χ2n) is 9.60. The van der Waals surface area contributed by atoms with Crippen LogP contribution in [0, 0.1) is 0 Å². The van der Waals surface area contributed by atoms with Crippen molar-refractivity contribution in [3.8, 4) is 17.4 Å². The molecule has 1 saturated heterocycles. The van der Waals surface area contributed by atoms with Crippen LogP contribution in [0.15, 0.2) is 35.4 Å². The molecule has 2 fully saturated rings. The minimum Gasteiger partial charge on any atom is -0.472 e. The third-order valence-electron chi connectivity index (χ3n) is 5.56. The first kappa shape index (κ1) is 24.4. The van der Waals surface area contributed by atoms with Crippen molar-refractivity contribution < 1.29 is 28.6 Å². The van der Waals surface area contributed by atoms with E-state index in [1.54, 1.807) is 17.0 Å². The summed E-state index contributed by atoms with van der Waals surface area (Å²) in [7, 11) is 0. The summed E-state index contributed by atoms with van der Waals surface area (Å²) in [6.45, 7) is 6.43. The van der Waals surface area contributed by atoms with Crippen molar-refractivity contribution in [2.45, 2.75) is 64.2 Å². The first-order valence-electron chi connectivity index (χ1n) is 11.5. The largest absolute Gasteiger partial charge is 0.472 e. The molecule has 0 radical (unpaired) electrons. The summed E-state index contributed by atoms with van der Waals surface area (Å²) in [6.07, 6.45) is 3.26. The van der Waals surface area contributed by atoms with Gasteiger partial charge in [-0.25, -0.2) is 14.5 Å². The zero-order valence-corrected chi connectivity index (χ0v) is 19.9. The van der Waals surface area contributed by atoms with E-state index < -0.39 is 17.2 Å². The average Bonchev–Trinajstić information content (AvgIpc) is 3.24. The Kier molecular flexibility index (Phi) is 6.86. The van der Waals surface area contributed by atoms with Gasteiger partial charge in [-0.2, -0.15) is 5.10 Å². The maximum atomic E-state index is 12.5. The van der Waals surface area contributed by atoms with Crippen LogP contribution in [0.3, 0.4) is 0 Å². The van der Waals surface area contributed by atoms with Crippen molar-refractivity contribution in [3.05, 3.63) is 40.9 Å². The van der Waals surface area contributed by atoms with Crippen molar-refractivity contribution >= 4 is 17.7 Å². The average molecular weight is 485 g/mol. The lowest BCUT2D eigenvalue weighted by Gasteiger charge is -2.24. The van der Waals surface area contributed by atoms with Crippen molar-refractivity contribution in [2.75, 3.05) is 13.1 Å². The summed E-state index contributed by atoms with van der Waals surface area (Å²) in [5, 5.41) is 4.06. The van der Waals surface area contributed by atoms with Crippen LogP contribution < -0.4 is 15.0 Å². The molecule has 0 N–H and O–H groups in total. The van der Waals surface area contributed by atoms with Gasteiger partial charge in [0.25, 0.3) is 5.56 Å². The molecule has 0 spiro atoms. The fourth-order valence-electron chi connectivity index (χ4n) is 3.93. The van der Waals surface area contributed by atoms with Gasteiger partial charge in [0, 0.05) is 31.5 Å². The van der Waals surface area contributed by atoms with E-state index in [2.05, 4.69) is 10.1 Å². The molecule has 1 aliphatic carbocycles. The molecule has 35 heavy (non-hydrogen) atoms. The smallest absolute Gasteiger partial charge is 0.410 e. The summed E-state index contributed by atoms with van der Waals surface area (Å²) in [5.41, 5.74) is -1.04. The van der Waals surface area contributed by atoms with Gasteiger partial charge in [0.2, 0.25) is 5.88 Å². The highest BCUT2D eigenvalue weighted by atomic mass is 16.6. The second-order valence-corrected chi connectivity index (χ2v) is 9.60. The second kappa shape index (κ2) is 9.85. The van der Waals surface area contributed by atoms with Gasteiger partial charge in [-0.3, -0.25) is 14.4 Å². The topological polar surface area (TPSA) is 130 Å². The predicted molar refractivity (Wildman–Crippen MR) is 123 cm³/mol. The summed E-state index contributed by atoms with van der Waals surface area (Å²) >= 11 is 0. The number of ether oxygens (including phenoxy) is 3. The van der Waals surface area contributed by atoms with Gasteiger partial charge in [0.15, 0.2) is 11.5 Å². The summed E-state index contributed by atoms with van der Waals surface area (Å²) in [4.78, 5) is 54.0. The van der Waals surface area contributed by atoms with Crippen molar-refractivity contribution in [3.63, 3.8) is 0 Å². The minimum atomic E-state index is -0.728. The molecule has 1 saturated carbocycles. The van der Waals surface area contributed by atoms with Crippen molar-refractivity contribution in [2.24, 2.45) is 0 Å². The number of amides is 1. The number of ketones is 2. The number of hydrogen-bond acceptors (Lipinski definition) is 9. The monoisotopic (exact) mass is 484 g/mol. The molecule has 0 bridgehead atoms. The molecule has 2 atom stereocenters. The van der Waals surface area contributed by atoms with Crippen molar-refractivity contribution in [1.82, 2.24) is 19.7 Å². The van der Waals surface area contributed by atoms with Gasteiger partial charge < -0.3 is 19.1 Å². The molecule has 11 nitrogen and oxygen atoms in total. The maximum absolute atomic E-state index is 12.5. The molecule has 2 aromatic rings. The third-order valence-corrected chi connectivity index (χ3v) is 5.56. The first-order chi connectivity index (χ1) is 16.6. The number of Topliss-reactive ketones (excluding diaryl/α,β-unsaturated/α-hetero) is 2. The molecule has 1 aliphatic heterocycles. The number of hydrogen-bond donors (Lipinski definition) is 0. The van der Waals surface area contributed by atoms with Gasteiger partial charge >= 0.3 is 6.09 Å². The predicted octanol–water partition coefficient (Wildman–Crippen LogP) is 2.68. The zero-order valence-electron chi connectivity index (χ0n) is 19.9. The number of pyridine rings is 1. The van der Waals surface area contributed by atoms with Crippen LogP contribution in [0.25, 0.3) is 0 Å². The third kappa shape index (κ3) is 6.23. The van der Waals surface area contributed by atoms with E-state index in [1.165, 1.54) is 18.5 Å². The summed E-state index contributed by atoms with van der Waals surface area (Å²) in [5.74, 6) is 0.530. The van der Waals surface area contributed by atoms with Crippen LogP contribution in [0.2, 0.25) is 0 Å². The normalized spacial score (nSPS) is 20.6. The number of nitrogens with zero attached hydrogens (tertiary/aromatic N) is 4. The summed E-state index contributed by atoms with van der Waals surface area (Å²) in [6, 6.07) is 3.79. The number of likely N-dealkylation sites (tertiary alicyclic amines) is 1. The van der Waals surface area contributed by atoms with Gasteiger partial charge in [-0.15, -0.1) is 0 Å². The molecule has 3 heterocycles. The Morgan fingerprint density at radius 3 is 2.54 bits per heavy atom. The molecule has 2 aliphatic rings. The van der Waals surface area contributed by atoms with Crippen LogP contribution in [-0.2, 0) is 14.3 Å². The molecule has 1 unspecified atom stereocenters. The standard InChI is InChI=1S/C24H28N4O7/c1-24(2,3)35-23(32)27-9-8-17(14-27)34-21-7-5-16(12-25-21)33-18-11-22(31)28(26-13-18)19-6-4-15(29)10-20(19)30/h5,7,11-13,17,19H,4,6,8-10,14H2,1-3H3/t17-,19?/m0/s1. The molecule has 186 valence electrons. The highest BCUT2D eigenvalue weighted by molar-refractivity contribution is 6.03. The maximum Gasteiger partial charge on any atom is 0.410 e. The Hall–Kier alpha value is -3.76. The van der Waals surface area contributed by atoms with Crippen molar-refractivity contribution in [1.29, 1.82) is 0 Å². The first-order valence-corrected chi connectivity index (χ1v) is 11.5. The van der Waals surface area contributed by atoms with Crippen LogP contribution in [0.4, 0.5) is 4.79 Å². The van der Waals surface area contributed by atoms with E-state index >= 15 is 0 Å². The Bertz CT molecular complexity index is 1170. The fourth-order valence-corrected chi connectivity index (χ4v) is 3.93. The lowest BCUT2D eigenvalue weighted by Crippen LogP contribution is -2.36. The number of carbonyl (C=O) groups excluding carboxylic acids is 3. The van der Waals surface area contributed by atoms with E-state index in [1.807, 2.05) is 20.8 Å². The van der Waals surface area contributed by atoms with E-state index in [9.17, 15) is 19.2 Å². The number of carbonyl (C=O) groups is 3. The lowest BCUT2D eigenvalue weighted by atomic mass is 9.93. The molecule has 0 aromatic carbocycles. The van der Waals surface area contributed by atoms with Crippen LogP contribution in [-0.4, -0.2) is 62.1 Å². The van der Waals surface area contributed by atoms with Gasteiger partial charge in [-0.05, 0) is 33.3 Å². The van der Waals surface area contributed by atoms with E-state index in [0.717, 1.165) is 4.68 Å². The molecular weight excluding hydrogens is 456 g/mol. The minimum absolute atomic E-state index is 0.118. The molecular formula is C24H28N4O7. The number of aromatic nitrogens is 3. The van der Waals surface area contributed by atoms with Crippen LogP contribution >= 0.6 is 0 Å². The molecule has 1 amide bonds. The van der Waals surface area contributed by atoms with E-state index in [4.69, 9.17) is 14.2 Å². The van der Waals surface area contributed by atoms with Gasteiger partial charge in [0.05, 0.1) is 25.4 Å². The SMILES string of the molecule is CC(C)(C)OC(=O)N1CC[C@H](Oc2ccc(Oc3cnn(C4CCC(=O)CC4=O)c(=O)c3)cn2)C1. The Labute approximate surface area is 202 Å². The quantitative estimate of drug-likeness (QED) is 0.588. The molecule has 2 aromatic heterocycles. The Balaban J connectivity index is 1.32. The van der Waals surface area contributed by atoms with E-state index in [-0.39, 0.29) is 48.8 Å². The van der Waals surface area contributed by atoms with E-state index in [0.29, 0.717) is 31.1 Å². The number of rotatable bonds is 5. The molecule has 11 heteroatoms. The Morgan fingerprint density at radius 1 is 1.09 bits per heavy atom. The Morgan fingerprint density at radius 2 is 1.89 bits per heavy atom.